The van der Waals surface area contributed by atoms with Gasteiger partial charge in [0.2, 0.25) is 0 Å². The van der Waals surface area contributed by atoms with Gasteiger partial charge in [0, 0.05) is 12.3 Å². The molecule has 1 aliphatic rings. The summed E-state index contributed by atoms with van der Waals surface area (Å²) in [4.78, 5) is 6.69. The van der Waals surface area contributed by atoms with Crippen LogP contribution < -0.4 is 0 Å². The smallest absolute Gasteiger partial charge is 0.0863 e. The molecule has 3 heteroatoms. The van der Waals surface area contributed by atoms with E-state index in [1.165, 1.54) is 5.75 Å². The predicted molar refractivity (Wildman–Crippen MR) is 52.3 cm³/mol. The average molecular weight is 172 g/mol. The van der Waals surface area contributed by atoms with Crippen LogP contribution in [0, 0.1) is 0 Å². The monoisotopic (exact) mass is 172 g/mol. The normalized spacial score (nSPS) is 20.1. The molecule has 0 bridgehead atoms. The maximum Gasteiger partial charge on any atom is 0.0863 e. The molecule has 1 heterocycles. The van der Waals surface area contributed by atoms with Crippen LogP contribution >= 0.6 is 11.8 Å². The Kier molecular flexibility index (Phi) is 2.82. The average Bonchev–Trinajstić information content (AvgIpc) is 2.32. The van der Waals surface area contributed by atoms with Crippen LogP contribution in [-0.4, -0.2) is 35.0 Å². The molecule has 0 amide bonds. The van der Waals surface area contributed by atoms with E-state index in [1.807, 2.05) is 18.1 Å². The number of thioether (sulfide) groups is 1. The first-order valence-electron chi connectivity index (χ1n) is 3.95. The molecule has 0 aromatic rings. The lowest BCUT2D eigenvalue weighted by atomic mass is 10.1. The molecule has 0 aliphatic carbocycles. The molecule has 0 N–H and O–H groups in total. The molecule has 0 atom stereocenters. The second kappa shape index (κ2) is 3.48. The molecular formula is C8H16N2S. The van der Waals surface area contributed by atoms with Crippen molar-refractivity contribution in [2.24, 2.45) is 4.99 Å². The summed E-state index contributed by atoms with van der Waals surface area (Å²) < 4.78 is 0. The van der Waals surface area contributed by atoms with Gasteiger partial charge in [-0.2, -0.15) is 0 Å². The van der Waals surface area contributed by atoms with Crippen molar-refractivity contribution in [3.63, 3.8) is 0 Å². The summed E-state index contributed by atoms with van der Waals surface area (Å²) >= 11 is 1.97. The van der Waals surface area contributed by atoms with Gasteiger partial charge < -0.3 is 4.90 Å². The lowest BCUT2D eigenvalue weighted by Gasteiger charge is -2.15. The number of nitrogens with zero attached hydrogens (tertiary/aromatic N) is 2. The van der Waals surface area contributed by atoms with Crippen LogP contribution in [0.1, 0.15) is 20.8 Å². The zero-order valence-corrected chi connectivity index (χ0v) is 8.32. The fourth-order valence-corrected chi connectivity index (χ4v) is 1.70. The first kappa shape index (κ1) is 8.91. The van der Waals surface area contributed by atoms with Crippen molar-refractivity contribution in [2.45, 2.75) is 26.3 Å². The molecule has 1 rings (SSSR count). The molecule has 1 fully saturated rings. The third kappa shape index (κ3) is 3.65. The van der Waals surface area contributed by atoms with Gasteiger partial charge in [0.15, 0.2) is 0 Å². The zero-order chi connectivity index (χ0) is 8.32. The summed E-state index contributed by atoms with van der Waals surface area (Å²) in [6.07, 6.45) is 1.99. The quantitative estimate of drug-likeness (QED) is 0.443. The van der Waals surface area contributed by atoms with Crippen LogP contribution in [0.15, 0.2) is 4.99 Å². The minimum absolute atomic E-state index is 0.0766. The van der Waals surface area contributed by atoms with Gasteiger partial charge in [-0.25, -0.2) is 0 Å². The highest BCUT2D eigenvalue weighted by atomic mass is 32.2. The second-order valence-corrected chi connectivity index (χ2v) is 4.84. The van der Waals surface area contributed by atoms with Gasteiger partial charge in [0.05, 0.1) is 17.8 Å². The Bertz CT molecular complexity index is 143. The Balaban J connectivity index is 2.34. The van der Waals surface area contributed by atoms with E-state index < -0.39 is 0 Å². The molecule has 64 valence electrons. The molecule has 0 saturated carbocycles. The molecule has 1 saturated heterocycles. The van der Waals surface area contributed by atoms with Gasteiger partial charge in [0.1, 0.15) is 0 Å². The molecule has 0 unspecified atom stereocenters. The van der Waals surface area contributed by atoms with Gasteiger partial charge in [0.25, 0.3) is 0 Å². The molecule has 0 spiro atoms. The molecule has 2 nitrogen and oxygen atoms in total. The van der Waals surface area contributed by atoms with Crippen molar-refractivity contribution in [2.75, 3.05) is 18.2 Å². The van der Waals surface area contributed by atoms with E-state index >= 15 is 0 Å². The van der Waals surface area contributed by atoms with Crippen molar-refractivity contribution in [1.29, 1.82) is 0 Å². The van der Waals surface area contributed by atoms with Crippen LogP contribution in [0.5, 0.6) is 0 Å². The SMILES string of the molecule is CC(C)(C)N=CN1CCSC1. The highest BCUT2D eigenvalue weighted by Crippen LogP contribution is 2.12. The standard InChI is InChI=1S/C8H16N2S/c1-8(2,3)9-6-10-4-5-11-7-10/h6H,4-5,7H2,1-3H3. The lowest BCUT2D eigenvalue weighted by Crippen LogP contribution is -2.20. The van der Waals surface area contributed by atoms with Gasteiger partial charge in [-0.15, -0.1) is 11.8 Å². The van der Waals surface area contributed by atoms with Gasteiger partial charge in [-0.05, 0) is 20.8 Å². The highest BCUT2D eigenvalue weighted by molar-refractivity contribution is 7.99. The minimum Gasteiger partial charge on any atom is -0.353 e. The van der Waals surface area contributed by atoms with E-state index in [-0.39, 0.29) is 5.54 Å². The van der Waals surface area contributed by atoms with E-state index in [4.69, 9.17) is 0 Å². The summed E-state index contributed by atoms with van der Waals surface area (Å²) in [6.45, 7) is 7.51. The van der Waals surface area contributed by atoms with Gasteiger partial charge in [-0.3, -0.25) is 4.99 Å². The maximum absolute atomic E-state index is 4.43. The lowest BCUT2D eigenvalue weighted by molar-refractivity contribution is 0.526. The van der Waals surface area contributed by atoms with Gasteiger partial charge >= 0.3 is 0 Å². The molecule has 11 heavy (non-hydrogen) atoms. The van der Waals surface area contributed by atoms with E-state index in [2.05, 4.69) is 30.7 Å². The van der Waals surface area contributed by atoms with E-state index in [0.29, 0.717) is 0 Å². The maximum atomic E-state index is 4.43. The van der Waals surface area contributed by atoms with Crippen LogP contribution in [0.25, 0.3) is 0 Å². The van der Waals surface area contributed by atoms with Crippen molar-refractivity contribution < 1.29 is 0 Å². The summed E-state index contributed by atoms with van der Waals surface area (Å²) in [6, 6.07) is 0. The Morgan fingerprint density at radius 2 is 2.18 bits per heavy atom. The van der Waals surface area contributed by atoms with Crippen LogP contribution in [-0.2, 0) is 0 Å². The van der Waals surface area contributed by atoms with Crippen LogP contribution in [0.3, 0.4) is 0 Å². The van der Waals surface area contributed by atoms with Gasteiger partial charge in [-0.1, -0.05) is 0 Å². The first-order valence-corrected chi connectivity index (χ1v) is 5.10. The van der Waals surface area contributed by atoms with E-state index in [1.54, 1.807) is 0 Å². The molecule has 1 aliphatic heterocycles. The number of rotatable bonds is 1. The predicted octanol–water partition coefficient (Wildman–Crippen LogP) is 1.82. The summed E-state index contributed by atoms with van der Waals surface area (Å²) in [7, 11) is 0. The largest absolute Gasteiger partial charge is 0.353 e. The second-order valence-electron chi connectivity index (χ2n) is 3.77. The Labute approximate surface area is 73.1 Å². The molecule has 0 radical (unpaired) electrons. The third-order valence-electron chi connectivity index (χ3n) is 1.39. The van der Waals surface area contributed by atoms with E-state index in [0.717, 1.165) is 12.4 Å². The zero-order valence-electron chi connectivity index (χ0n) is 7.50. The summed E-state index contributed by atoms with van der Waals surface area (Å²) in [5.41, 5.74) is 0.0766. The van der Waals surface area contributed by atoms with Crippen LogP contribution in [0.4, 0.5) is 0 Å². The fourth-order valence-electron chi connectivity index (χ4n) is 0.774. The highest BCUT2D eigenvalue weighted by Gasteiger charge is 2.10. The number of hydrogen-bond donors (Lipinski definition) is 0. The molecular weight excluding hydrogens is 156 g/mol. The molecule has 0 aromatic heterocycles. The van der Waals surface area contributed by atoms with Crippen molar-refractivity contribution in [3.8, 4) is 0 Å². The molecule has 0 aromatic carbocycles. The van der Waals surface area contributed by atoms with Crippen molar-refractivity contribution in [1.82, 2.24) is 4.90 Å². The number of aliphatic imine (C=N–C) groups is 1. The third-order valence-corrected chi connectivity index (χ3v) is 2.37. The summed E-state index contributed by atoms with van der Waals surface area (Å²) in [5.74, 6) is 2.36. The first-order chi connectivity index (χ1) is 5.08. The fraction of sp³-hybridized carbons (Fsp3) is 0.875. The summed E-state index contributed by atoms with van der Waals surface area (Å²) in [5, 5.41) is 0. The topological polar surface area (TPSA) is 15.6 Å². The number of hydrogen-bond acceptors (Lipinski definition) is 2. The van der Waals surface area contributed by atoms with Crippen molar-refractivity contribution in [3.05, 3.63) is 0 Å². The van der Waals surface area contributed by atoms with Crippen LogP contribution in [0.2, 0.25) is 0 Å². The Morgan fingerprint density at radius 3 is 2.64 bits per heavy atom. The Morgan fingerprint density at radius 1 is 1.45 bits per heavy atom. The minimum atomic E-state index is 0.0766. The van der Waals surface area contributed by atoms with E-state index in [9.17, 15) is 0 Å². The Hall–Kier alpha value is -0.180. The van der Waals surface area contributed by atoms with Crippen molar-refractivity contribution >= 4 is 18.1 Å².